The molecule has 0 aromatic heterocycles. The van der Waals surface area contributed by atoms with Crippen LogP contribution in [0.25, 0.3) is 0 Å². The predicted octanol–water partition coefficient (Wildman–Crippen LogP) is 1.79. The first kappa shape index (κ1) is 15.1. The van der Waals surface area contributed by atoms with E-state index in [1.54, 1.807) is 11.0 Å². The molecule has 1 heterocycles. The predicted molar refractivity (Wildman–Crippen MR) is 80.3 cm³/mol. The number of nitrogens with zero attached hydrogens (tertiary/aromatic N) is 2. The van der Waals surface area contributed by atoms with Crippen molar-refractivity contribution in [2.75, 3.05) is 38.6 Å². The molecule has 0 saturated carbocycles. The molecule has 0 radical (unpaired) electrons. The molecule has 6 heteroatoms. The van der Waals surface area contributed by atoms with E-state index in [4.69, 9.17) is 11.6 Å². The second-order valence-electron chi connectivity index (χ2n) is 5.18. The molecule has 1 aliphatic rings. The number of aliphatic hydroxyl groups is 1. The van der Waals surface area contributed by atoms with Crippen molar-refractivity contribution in [1.82, 2.24) is 9.80 Å². The molecule has 1 aliphatic heterocycles. The van der Waals surface area contributed by atoms with Crippen molar-refractivity contribution in [2.45, 2.75) is 13.0 Å². The molecule has 2 amide bonds. The Morgan fingerprint density at radius 2 is 2.25 bits per heavy atom. The summed E-state index contributed by atoms with van der Waals surface area (Å²) in [5, 5.41) is 12.7. The third-order valence-electron chi connectivity index (χ3n) is 3.64. The quantitative estimate of drug-likeness (QED) is 0.875. The van der Waals surface area contributed by atoms with Gasteiger partial charge in [-0.15, -0.1) is 0 Å². The first-order valence-electron chi connectivity index (χ1n) is 6.64. The number of aliphatic hydroxyl groups excluding tert-OH is 1. The van der Waals surface area contributed by atoms with E-state index in [9.17, 15) is 9.90 Å². The van der Waals surface area contributed by atoms with Crippen LogP contribution in [0.4, 0.5) is 10.5 Å². The minimum atomic E-state index is -0.178. The van der Waals surface area contributed by atoms with Gasteiger partial charge in [0.15, 0.2) is 0 Å². The SMILES string of the molecule is Cc1ccc(NC(=O)N2CCN(C)[C@@H](CO)C2)c(Cl)c1. The Labute approximate surface area is 124 Å². The summed E-state index contributed by atoms with van der Waals surface area (Å²) >= 11 is 6.11. The first-order chi connectivity index (χ1) is 9.51. The average Bonchev–Trinajstić information content (AvgIpc) is 2.42. The van der Waals surface area contributed by atoms with Crippen molar-refractivity contribution < 1.29 is 9.90 Å². The zero-order chi connectivity index (χ0) is 14.7. The van der Waals surface area contributed by atoms with Crippen LogP contribution in [0.2, 0.25) is 5.02 Å². The molecule has 2 N–H and O–H groups in total. The molecule has 110 valence electrons. The number of halogens is 1. The lowest BCUT2D eigenvalue weighted by molar-refractivity contribution is 0.0754. The summed E-state index contributed by atoms with van der Waals surface area (Å²) in [6.45, 7) is 3.90. The molecule has 1 atom stereocenters. The van der Waals surface area contributed by atoms with Crippen molar-refractivity contribution >= 4 is 23.3 Å². The molecule has 1 aromatic carbocycles. The van der Waals surface area contributed by atoms with E-state index >= 15 is 0 Å². The van der Waals surface area contributed by atoms with Gasteiger partial charge < -0.3 is 15.3 Å². The summed E-state index contributed by atoms with van der Waals surface area (Å²) in [5.41, 5.74) is 1.66. The second kappa shape index (κ2) is 6.43. The van der Waals surface area contributed by atoms with Crippen molar-refractivity contribution in [3.05, 3.63) is 28.8 Å². The number of carbonyl (C=O) groups excluding carboxylic acids is 1. The van der Waals surface area contributed by atoms with Gasteiger partial charge >= 0.3 is 6.03 Å². The Kier molecular flexibility index (Phi) is 4.86. The van der Waals surface area contributed by atoms with Crippen molar-refractivity contribution in [3.8, 4) is 0 Å². The molecule has 1 fully saturated rings. The molecule has 0 bridgehead atoms. The van der Waals surface area contributed by atoms with Gasteiger partial charge in [0.2, 0.25) is 0 Å². The highest BCUT2D eigenvalue weighted by Gasteiger charge is 2.26. The van der Waals surface area contributed by atoms with E-state index in [1.807, 2.05) is 26.1 Å². The number of likely N-dealkylation sites (N-methyl/N-ethyl adjacent to an activating group) is 1. The van der Waals surface area contributed by atoms with Crippen LogP contribution in [0.15, 0.2) is 18.2 Å². The summed E-state index contributed by atoms with van der Waals surface area (Å²) < 4.78 is 0. The maximum atomic E-state index is 12.2. The molecule has 5 nitrogen and oxygen atoms in total. The van der Waals surface area contributed by atoms with Gasteiger partial charge in [-0.05, 0) is 31.7 Å². The maximum Gasteiger partial charge on any atom is 0.321 e. The van der Waals surface area contributed by atoms with E-state index in [0.29, 0.717) is 23.8 Å². The normalized spacial score (nSPS) is 20.0. The molecule has 1 aromatic rings. The molecular weight excluding hydrogens is 278 g/mol. The van der Waals surface area contributed by atoms with Crippen molar-refractivity contribution in [2.24, 2.45) is 0 Å². The van der Waals surface area contributed by atoms with E-state index in [1.165, 1.54) is 0 Å². The van der Waals surface area contributed by atoms with Crippen LogP contribution in [0.1, 0.15) is 5.56 Å². The lowest BCUT2D eigenvalue weighted by atomic mass is 10.2. The minimum absolute atomic E-state index is 0.0111. The summed E-state index contributed by atoms with van der Waals surface area (Å²) in [5.74, 6) is 0. The monoisotopic (exact) mass is 297 g/mol. The Morgan fingerprint density at radius 3 is 2.90 bits per heavy atom. The van der Waals surface area contributed by atoms with E-state index in [-0.39, 0.29) is 18.7 Å². The fourth-order valence-electron chi connectivity index (χ4n) is 2.24. The van der Waals surface area contributed by atoms with E-state index < -0.39 is 0 Å². The molecular formula is C14H20ClN3O2. The zero-order valence-corrected chi connectivity index (χ0v) is 12.5. The Balaban J connectivity index is 2.01. The molecule has 2 rings (SSSR count). The van der Waals surface area contributed by atoms with Gasteiger partial charge in [-0.2, -0.15) is 0 Å². The van der Waals surface area contributed by atoms with Crippen LogP contribution >= 0.6 is 11.6 Å². The fourth-order valence-corrected chi connectivity index (χ4v) is 2.53. The van der Waals surface area contributed by atoms with Crippen LogP contribution in [0.5, 0.6) is 0 Å². The van der Waals surface area contributed by atoms with Crippen LogP contribution in [0, 0.1) is 6.92 Å². The number of piperazine rings is 1. The van der Waals surface area contributed by atoms with Crippen LogP contribution in [0.3, 0.4) is 0 Å². The average molecular weight is 298 g/mol. The Hall–Kier alpha value is -1.30. The largest absolute Gasteiger partial charge is 0.395 e. The number of rotatable bonds is 2. The van der Waals surface area contributed by atoms with Gasteiger partial charge in [-0.3, -0.25) is 4.90 Å². The topological polar surface area (TPSA) is 55.8 Å². The third kappa shape index (κ3) is 3.42. The number of carbonyl (C=O) groups is 1. The lowest BCUT2D eigenvalue weighted by Gasteiger charge is -2.38. The number of amides is 2. The summed E-state index contributed by atoms with van der Waals surface area (Å²) in [7, 11) is 1.95. The molecule has 0 aliphatic carbocycles. The van der Waals surface area contributed by atoms with Gasteiger partial charge in [0.25, 0.3) is 0 Å². The summed E-state index contributed by atoms with van der Waals surface area (Å²) in [6, 6.07) is 5.33. The molecule has 20 heavy (non-hydrogen) atoms. The van der Waals surface area contributed by atoms with E-state index in [2.05, 4.69) is 10.2 Å². The highest BCUT2D eigenvalue weighted by atomic mass is 35.5. The van der Waals surface area contributed by atoms with Crippen LogP contribution < -0.4 is 5.32 Å². The van der Waals surface area contributed by atoms with Gasteiger partial charge in [-0.25, -0.2) is 4.79 Å². The number of aryl methyl sites for hydroxylation is 1. The molecule has 1 saturated heterocycles. The van der Waals surface area contributed by atoms with Gasteiger partial charge in [0.05, 0.1) is 23.4 Å². The summed E-state index contributed by atoms with van der Waals surface area (Å²) in [4.78, 5) is 16.0. The third-order valence-corrected chi connectivity index (χ3v) is 3.95. The Bertz CT molecular complexity index is 495. The standard InChI is InChI=1S/C14H20ClN3O2/c1-10-3-4-13(12(15)7-10)16-14(20)18-6-5-17(2)11(8-18)9-19/h3-4,7,11,19H,5-6,8-9H2,1-2H3,(H,16,20)/t11-/m1/s1. The van der Waals surface area contributed by atoms with Crippen LogP contribution in [-0.4, -0.2) is 60.3 Å². The Morgan fingerprint density at radius 1 is 1.50 bits per heavy atom. The van der Waals surface area contributed by atoms with Gasteiger partial charge in [-0.1, -0.05) is 17.7 Å². The lowest BCUT2D eigenvalue weighted by Crippen LogP contribution is -2.55. The van der Waals surface area contributed by atoms with Crippen molar-refractivity contribution in [3.63, 3.8) is 0 Å². The highest BCUT2D eigenvalue weighted by Crippen LogP contribution is 2.23. The highest BCUT2D eigenvalue weighted by molar-refractivity contribution is 6.33. The van der Waals surface area contributed by atoms with E-state index in [0.717, 1.165) is 12.1 Å². The van der Waals surface area contributed by atoms with Crippen LogP contribution in [-0.2, 0) is 0 Å². The molecule has 0 spiro atoms. The number of urea groups is 1. The first-order valence-corrected chi connectivity index (χ1v) is 7.02. The van der Waals surface area contributed by atoms with Gasteiger partial charge in [0, 0.05) is 19.6 Å². The number of anilines is 1. The zero-order valence-electron chi connectivity index (χ0n) is 11.8. The number of hydrogen-bond donors (Lipinski definition) is 2. The number of benzene rings is 1. The van der Waals surface area contributed by atoms with Gasteiger partial charge in [0.1, 0.15) is 0 Å². The minimum Gasteiger partial charge on any atom is -0.395 e. The number of hydrogen-bond acceptors (Lipinski definition) is 3. The second-order valence-corrected chi connectivity index (χ2v) is 5.58. The smallest absolute Gasteiger partial charge is 0.321 e. The fraction of sp³-hybridized carbons (Fsp3) is 0.500. The summed E-state index contributed by atoms with van der Waals surface area (Å²) in [6.07, 6.45) is 0. The maximum absolute atomic E-state index is 12.2. The molecule has 0 unspecified atom stereocenters. The number of nitrogens with one attached hydrogen (secondary N) is 1. The van der Waals surface area contributed by atoms with Crippen molar-refractivity contribution in [1.29, 1.82) is 0 Å².